The van der Waals surface area contributed by atoms with E-state index in [1.54, 1.807) is 0 Å². The van der Waals surface area contributed by atoms with Crippen LogP contribution in [-0.4, -0.2) is 30.1 Å². The van der Waals surface area contributed by atoms with Crippen molar-refractivity contribution in [2.75, 3.05) is 18.0 Å². The van der Waals surface area contributed by atoms with Crippen LogP contribution in [0.4, 0.5) is 15.8 Å². The van der Waals surface area contributed by atoms with Crippen molar-refractivity contribution in [1.29, 1.82) is 0 Å². The van der Waals surface area contributed by atoms with Gasteiger partial charge in [-0.2, -0.15) is 0 Å². The van der Waals surface area contributed by atoms with E-state index in [0.717, 1.165) is 44.8 Å². The Morgan fingerprint density at radius 1 is 1.40 bits per heavy atom. The topological polar surface area (TPSA) is 58.4 Å². The first-order valence-corrected chi connectivity index (χ1v) is 7.09. The Labute approximate surface area is 116 Å². The van der Waals surface area contributed by atoms with Gasteiger partial charge in [-0.3, -0.25) is 10.1 Å². The minimum atomic E-state index is -0.424. The number of halogens is 1. The summed E-state index contributed by atoms with van der Waals surface area (Å²) in [6.07, 6.45) is 4.27. The molecule has 1 aliphatic heterocycles. The van der Waals surface area contributed by atoms with Gasteiger partial charge in [-0.05, 0) is 38.3 Å². The number of rotatable bonds is 5. The molecule has 1 aliphatic carbocycles. The van der Waals surface area contributed by atoms with E-state index in [1.165, 1.54) is 12.1 Å². The molecule has 1 aromatic carbocycles. The molecule has 5 nitrogen and oxygen atoms in total. The number of hydrogen-bond donors (Lipinski definition) is 1. The highest BCUT2D eigenvalue weighted by Gasteiger charge is 2.35. The molecule has 20 heavy (non-hydrogen) atoms. The maximum Gasteiger partial charge on any atom is 0.292 e. The van der Waals surface area contributed by atoms with E-state index < -0.39 is 10.7 Å². The molecule has 2 fully saturated rings. The molecule has 1 heterocycles. The SMILES string of the molecule is O=[N+]([O-])c1ccc(F)cc1N(CC1CCCN1)C1CC1. The van der Waals surface area contributed by atoms with Crippen LogP contribution in [0.3, 0.4) is 0 Å². The van der Waals surface area contributed by atoms with Crippen LogP contribution in [0.5, 0.6) is 0 Å². The van der Waals surface area contributed by atoms with Gasteiger partial charge in [0.1, 0.15) is 11.5 Å². The number of benzene rings is 1. The summed E-state index contributed by atoms with van der Waals surface area (Å²) in [5.74, 6) is -0.421. The third-order valence-corrected chi connectivity index (χ3v) is 4.01. The van der Waals surface area contributed by atoms with Crippen molar-refractivity contribution in [3.63, 3.8) is 0 Å². The lowest BCUT2D eigenvalue weighted by atomic mass is 10.1. The zero-order valence-electron chi connectivity index (χ0n) is 11.2. The van der Waals surface area contributed by atoms with Crippen LogP contribution in [0.2, 0.25) is 0 Å². The summed E-state index contributed by atoms with van der Waals surface area (Å²) >= 11 is 0. The number of nitrogens with one attached hydrogen (secondary N) is 1. The van der Waals surface area contributed by atoms with Crippen molar-refractivity contribution >= 4 is 11.4 Å². The smallest absolute Gasteiger partial charge is 0.292 e. The first-order valence-electron chi connectivity index (χ1n) is 7.09. The zero-order valence-corrected chi connectivity index (χ0v) is 11.2. The number of anilines is 1. The summed E-state index contributed by atoms with van der Waals surface area (Å²) in [4.78, 5) is 12.8. The largest absolute Gasteiger partial charge is 0.361 e. The first kappa shape index (κ1) is 13.3. The third kappa shape index (κ3) is 2.75. The Morgan fingerprint density at radius 3 is 2.80 bits per heavy atom. The lowest BCUT2D eigenvalue weighted by molar-refractivity contribution is -0.384. The number of nitrogens with zero attached hydrogens (tertiary/aromatic N) is 2. The Bertz CT molecular complexity index is 513. The molecule has 1 unspecified atom stereocenters. The first-order chi connectivity index (χ1) is 9.65. The summed E-state index contributed by atoms with van der Waals surface area (Å²) in [6, 6.07) is 4.38. The average Bonchev–Trinajstić information content (AvgIpc) is 3.12. The molecule has 108 valence electrons. The summed E-state index contributed by atoms with van der Waals surface area (Å²) in [5.41, 5.74) is 0.419. The van der Waals surface area contributed by atoms with Crippen LogP contribution in [0.15, 0.2) is 18.2 Å². The number of nitro benzene ring substituents is 1. The number of nitro groups is 1. The van der Waals surface area contributed by atoms with E-state index in [2.05, 4.69) is 5.32 Å². The fourth-order valence-electron chi connectivity index (χ4n) is 2.86. The van der Waals surface area contributed by atoms with Crippen LogP contribution in [0.25, 0.3) is 0 Å². The Balaban J connectivity index is 1.89. The van der Waals surface area contributed by atoms with Gasteiger partial charge in [-0.1, -0.05) is 0 Å². The summed E-state index contributed by atoms with van der Waals surface area (Å²) in [5, 5.41) is 14.6. The maximum absolute atomic E-state index is 13.5. The minimum Gasteiger partial charge on any atom is -0.361 e. The van der Waals surface area contributed by atoms with E-state index in [9.17, 15) is 14.5 Å². The lowest BCUT2D eigenvalue weighted by Gasteiger charge is -2.27. The molecular formula is C14H18FN3O2. The third-order valence-electron chi connectivity index (χ3n) is 4.01. The van der Waals surface area contributed by atoms with Crippen molar-refractivity contribution in [2.45, 2.75) is 37.8 Å². The molecule has 3 rings (SSSR count). The number of hydrogen-bond acceptors (Lipinski definition) is 4. The fourth-order valence-corrected chi connectivity index (χ4v) is 2.86. The Kier molecular flexibility index (Phi) is 3.56. The molecule has 6 heteroatoms. The summed E-state index contributed by atoms with van der Waals surface area (Å²) in [7, 11) is 0. The van der Waals surface area contributed by atoms with Gasteiger partial charge in [0.2, 0.25) is 0 Å². The van der Waals surface area contributed by atoms with Crippen LogP contribution < -0.4 is 10.2 Å². The minimum absolute atomic E-state index is 0.00343. The molecule has 1 N–H and O–H groups in total. The molecule has 0 amide bonds. The van der Waals surface area contributed by atoms with Gasteiger partial charge in [-0.25, -0.2) is 4.39 Å². The second-order valence-corrected chi connectivity index (χ2v) is 5.57. The predicted molar refractivity (Wildman–Crippen MR) is 74.4 cm³/mol. The van der Waals surface area contributed by atoms with Crippen LogP contribution in [-0.2, 0) is 0 Å². The highest BCUT2D eigenvalue weighted by molar-refractivity contribution is 5.64. The standard InChI is InChI=1S/C14H18FN3O2/c15-10-3-6-13(18(19)20)14(8-10)17(12-4-5-12)9-11-2-1-7-16-11/h3,6,8,11-12,16H,1-2,4-5,7,9H2. The highest BCUT2D eigenvalue weighted by atomic mass is 19.1. The van der Waals surface area contributed by atoms with E-state index in [-0.39, 0.29) is 5.69 Å². The van der Waals surface area contributed by atoms with Gasteiger partial charge in [0.15, 0.2) is 0 Å². The zero-order chi connectivity index (χ0) is 14.1. The van der Waals surface area contributed by atoms with E-state index >= 15 is 0 Å². The van der Waals surface area contributed by atoms with Crippen LogP contribution >= 0.6 is 0 Å². The van der Waals surface area contributed by atoms with E-state index in [1.807, 2.05) is 4.90 Å². The molecular weight excluding hydrogens is 261 g/mol. The maximum atomic E-state index is 13.5. The van der Waals surface area contributed by atoms with Crippen LogP contribution in [0, 0.1) is 15.9 Å². The highest BCUT2D eigenvalue weighted by Crippen LogP contribution is 2.37. The molecule has 0 radical (unpaired) electrons. The molecule has 0 bridgehead atoms. The van der Waals surface area contributed by atoms with Crippen molar-refractivity contribution in [3.05, 3.63) is 34.1 Å². The van der Waals surface area contributed by atoms with Crippen molar-refractivity contribution in [1.82, 2.24) is 5.32 Å². The molecule has 2 aliphatic rings. The summed E-state index contributed by atoms with van der Waals surface area (Å²) < 4.78 is 13.5. The van der Waals surface area contributed by atoms with Gasteiger partial charge in [0, 0.05) is 30.8 Å². The van der Waals surface area contributed by atoms with Crippen molar-refractivity contribution in [3.8, 4) is 0 Å². The van der Waals surface area contributed by atoms with Gasteiger partial charge in [0.05, 0.1) is 4.92 Å². The predicted octanol–water partition coefficient (Wildman–Crippen LogP) is 2.45. The normalized spacial score (nSPS) is 21.9. The average molecular weight is 279 g/mol. The van der Waals surface area contributed by atoms with Gasteiger partial charge >= 0.3 is 0 Å². The Hall–Kier alpha value is -1.69. The Morgan fingerprint density at radius 2 is 2.20 bits per heavy atom. The summed E-state index contributed by atoms with van der Waals surface area (Å²) in [6.45, 7) is 1.71. The molecule has 1 atom stereocenters. The monoisotopic (exact) mass is 279 g/mol. The second-order valence-electron chi connectivity index (χ2n) is 5.57. The molecule has 0 spiro atoms. The van der Waals surface area contributed by atoms with Gasteiger partial charge < -0.3 is 10.2 Å². The van der Waals surface area contributed by atoms with Gasteiger partial charge in [-0.15, -0.1) is 0 Å². The van der Waals surface area contributed by atoms with E-state index in [0.29, 0.717) is 17.8 Å². The quantitative estimate of drug-likeness (QED) is 0.664. The molecule has 1 saturated heterocycles. The molecule has 1 saturated carbocycles. The second kappa shape index (κ2) is 5.36. The molecule has 0 aromatic heterocycles. The molecule has 1 aromatic rings. The van der Waals surface area contributed by atoms with Crippen LogP contribution in [0.1, 0.15) is 25.7 Å². The van der Waals surface area contributed by atoms with Crippen molar-refractivity contribution in [2.24, 2.45) is 0 Å². The van der Waals surface area contributed by atoms with E-state index in [4.69, 9.17) is 0 Å². The fraction of sp³-hybridized carbons (Fsp3) is 0.571. The van der Waals surface area contributed by atoms with Crippen molar-refractivity contribution < 1.29 is 9.31 Å². The lowest BCUT2D eigenvalue weighted by Crippen LogP contribution is -2.39. The van der Waals surface area contributed by atoms with Gasteiger partial charge in [0.25, 0.3) is 5.69 Å².